The number of nitrogens with zero attached hydrogens (tertiary/aromatic N) is 1. The lowest BCUT2D eigenvalue weighted by atomic mass is 10.3. The summed E-state index contributed by atoms with van der Waals surface area (Å²) in [5.74, 6) is -0.364. The fourth-order valence-corrected chi connectivity index (χ4v) is 1.72. The first kappa shape index (κ1) is 16.6. The number of non-ortho nitro benzene ring substituents is 1. The zero-order chi connectivity index (χ0) is 16.8. The predicted molar refractivity (Wildman–Crippen MR) is 83.3 cm³/mol. The molecular formula is C13H14N4O5S. The molecule has 0 aromatic heterocycles. The van der Waals surface area contributed by atoms with Crippen LogP contribution in [0.4, 0.5) is 5.69 Å². The molecule has 1 aliphatic rings. The molecule has 1 aliphatic carbocycles. The number of hydrazine groups is 1. The Hall–Kier alpha value is -2.75. The van der Waals surface area contributed by atoms with Gasteiger partial charge in [0.05, 0.1) is 4.92 Å². The van der Waals surface area contributed by atoms with Crippen molar-refractivity contribution in [1.82, 2.24) is 16.2 Å². The Morgan fingerprint density at radius 1 is 1.26 bits per heavy atom. The smallest absolute Gasteiger partial charge is 0.276 e. The molecule has 3 N–H and O–H groups in total. The van der Waals surface area contributed by atoms with E-state index in [-0.39, 0.29) is 29.2 Å². The molecule has 9 nitrogen and oxygen atoms in total. The van der Waals surface area contributed by atoms with E-state index in [9.17, 15) is 19.7 Å². The molecule has 122 valence electrons. The molecule has 0 unspecified atom stereocenters. The predicted octanol–water partition coefficient (Wildman–Crippen LogP) is 0.405. The molecule has 1 saturated carbocycles. The van der Waals surface area contributed by atoms with Gasteiger partial charge in [0.15, 0.2) is 11.7 Å². The van der Waals surface area contributed by atoms with Gasteiger partial charge in [0, 0.05) is 18.1 Å². The molecule has 1 fully saturated rings. The zero-order valence-electron chi connectivity index (χ0n) is 11.9. The molecule has 0 aliphatic heterocycles. The Balaban J connectivity index is 1.67. The number of thiocarbonyl (C=S) groups is 1. The van der Waals surface area contributed by atoms with E-state index < -0.39 is 10.8 Å². The van der Waals surface area contributed by atoms with Gasteiger partial charge >= 0.3 is 0 Å². The number of benzene rings is 1. The average Bonchev–Trinajstić information content (AvgIpc) is 3.36. The van der Waals surface area contributed by atoms with Crippen LogP contribution in [-0.2, 0) is 9.59 Å². The summed E-state index contributed by atoms with van der Waals surface area (Å²) in [5.41, 5.74) is 4.59. The second-order valence-corrected chi connectivity index (χ2v) is 5.21. The van der Waals surface area contributed by atoms with Crippen LogP contribution in [0.2, 0.25) is 0 Å². The molecule has 1 aromatic carbocycles. The van der Waals surface area contributed by atoms with Crippen LogP contribution in [0.1, 0.15) is 12.8 Å². The van der Waals surface area contributed by atoms with E-state index in [0.29, 0.717) is 5.75 Å². The van der Waals surface area contributed by atoms with Gasteiger partial charge < -0.3 is 10.1 Å². The Bertz CT molecular complexity index is 630. The van der Waals surface area contributed by atoms with Crippen molar-refractivity contribution in [2.75, 3.05) is 6.61 Å². The average molecular weight is 338 g/mol. The lowest BCUT2D eigenvalue weighted by Gasteiger charge is -2.11. The number of nitrogens with one attached hydrogen (secondary N) is 3. The van der Waals surface area contributed by atoms with Gasteiger partial charge in [0.2, 0.25) is 5.91 Å². The van der Waals surface area contributed by atoms with E-state index in [1.54, 1.807) is 0 Å². The van der Waals surface area contributed by atoms with Gasteiger partial charge in [-0.15, -0.1) is 0 Å². The highest BCUT2D eigenvalue weighted by Crippen LogP contribution is 2.28. The molecule has 2 rings (SSSR count). The van der Waals surface area contributed by atoms with E-state index >= 15 is 0 Å². The molecule has 0 radical (unpaired) electrons. The molecule has 0 spiro atoms. The third-order valence-corrected chi connectivity index (χ3v) is 3.12. The maximum absolute atomic E-state index is 11.5. The van der Waals surface area contributed by atoms with Crippen LogP contribution in [0, 0.1) is 16.0 Å². The van der Waals surface area contributed by atoms with Gasteiger partial charge in [-0.05, 0) is 37.2 Å². The summed E-state index contributed by atoms with van der Waals surface area (Å²) in [6, 6.07) is 5.32. The monoisotopic (exact) mass is 338 g/mol. The van der Waals surface area contributed by atoms with Crippen molar-refractivity contribution < 1.29 is 19.2 Å². The summed E-state index contributed by atoms with van der Waals surface area (Å²) in [4.78, 5) is 32.9. The number of hydrogen-bond donors (Lipinski definition) is 3. The van der Waals surface area contributed by atoms with Crippen LogP contribution in [0.25, 0.3) is 0 Å². The molecule has 0 heterocycles. The highest BCUT2D eigenvalue weighted by atomic mass is 32.1. The Morgan fingerprint density at radius 3 is 2.48 bits per heavy atom. The van der Waals surface area contributed by atoms with Crippen molar-refractivity contribution in [2.24, 2.45) is 5.92 Å². The lowest BCUT2D eigenvalue weighted by molar-refractivity contribution is -0.384. The second kappa shape index (κ2) is 7.49. The van der Waals surface area contributed by atoms with Crippen LogP contribution in [0.3, 0.4) is 0 Å². The first-order chi connectivity index (χ1) is 11.0. The summed E-state index contributed by atoms with van der Waals surface area (Å²) in [7, 11) is 0. The first-order valence-electron chi connectivity index (χ1n) is 6.72. The summed E-state index contributed by atoms with van der Waals surface area (Å²) >= 11 is 4.85. The molecule has 0 bridgehead atoms. The number of nitro groups is 1. The van der Waals surface area contributed by atoms with Crippen LogP contribution < -0.4 is 20.9 Å². The van der Waals surface area contributed by atoms with Crippen LogP contribution in [0.5, 0.6) is 5.75 Å². The van der Waals surface area contributed by atoms with E-state index in [4.69, 9.17) is 17.0 Å². The number of rotatable bonds is 5. The Kier molecular flexibility index (Phi) is 5.41. The minimum absolute atomic E-state index is 0.00517. The molecular weight excluding hydrogens is 324 g/mol. The van der Waals surface area contributed by atoms with Crippen molar-refractivity contribution in [2.45, 2.75) is 12.8 Å². The van der Waals surface area contributed by atoms with Gasteiger partial charge in [0.1, 0.15) is 5.75 Å². The number of ether oxygens (including phenoxy) is 1. The lowest BCUT2D eigenvalue weighted by Crippen LogP contribution is -2.50. The van der Waals surface area contributed by atoms with E-state index in [0.717, 1.165) is 12.8 Å². The number of carbonyl (C=O) groups is 2. The van der Waals surface area contributed by atoms with Gasteiger partial charge in [-0.1, -0.05) is 0 Å². The maximum atomic E-state index is 11.5. The first-order valence-corrected chi connectivity index (χ1v) is 7.13. The normalized spacial score (nSPS) is 12.9. The summed E-state index contributed by atoms with van der Waals surface area (Å²) in [6.07, 6.45) is 1.70. The van der Waals surface area contributed by atoms with Gasteiger partial charge in [-0.3, -0.25) is 30.6 Å². The third-order valence-electron chi connectivity index (χ3n) is 2.92. The standard InChI is InChI=1S/C13H14N4O5S/c18-11(15-16-13(23)14-12(19)8-1-2-8)7-22-10-5-3-9(4-6-10)17(20)21/h3-6,8H,1-2,7H2,(H,15,18)(H2,14,16,19,23). The van der Waals surface area contributed by atoms with Gasteiger partial charge in [-0.25, -0.2) is 0 Å². The minimum Gasteiger partial charge on any atom is -0.484 e. The maximum Gasteiger partial charge on any atom is 0.276 e. The van der Waals surface area contributed by atoms with Crippen LogP contribution >= 0.6 is 12.2 Å². The van der Waals surface area contributed by atoms with E-state index in [1.807, 2.05) is 0 Å². The highest BCUT2D eigenvalue weighted by molar-refractivity contribution is 7.80. The van der Waals surface area contributed by atoms with Crippen molar-refractivity contribution in [3.05, 3.63) is 34.4 Å². The zero-order valence-corrected chi connectivity index (χ0v) is 12.7. The van der Waals surface area contributed by atoms with E-state index in [2.05, 4.69) is 16.2 Å². The summed E-state index contributed by atoms with van der Waals surface area (Å²) in [6.45, 7) is -0.315. The molecule has 1 aromatic rings. The van der Waals surface area contributed by atoms with Gasteiger partial charge in [0.25, 0.3) is 11.6 Å². The largest absolute Gasteiger partial charge is 0.484 e. The van der Waals surface area contributed by atoms with Crippen molar-refractivity contribution in [1.29, 1.82) is 0 Å². The van der Waals surface area contributed by atoms with Crippen LogP contribution in [0.15, 0.2) is 24.3 Å². The number of amides is 2. The molecule has 10 heteroatoms. The highest BCUT2D eigenvalue weighted by Gasteiger charge is 2.30. The van der Waals surface area contributed by atoms with Crippen molar-refractivity contribution >= 4 is 34.8 Å². The SMILES string of the molecule is O=C(COc1ccc([N+](=O)[O-])cc1)NNC(=S)NC(=O)C1CC1. The minimum atomic E-state index is -0.530. The van der Waals surface area contributed by atoms with Crippen LogP contribution in [-0.4, -0.2) is 28.5 Å². The molecule has 0 atom stereocenters. The number of hydrogen-bond acceptors (Lipinski definition) is 6. The molecule has 0 saturated heterocycles. The number of nitro benzene ring substituents is 1. The number of carbonyl (C=O) groups excluding carboxylic acids is 2. The van der Waals surface area contributed by atoms with Crippen molar-refractivity contribution in [3.63, 3.8) is 0 Å². The fraction of sp³-hybridized carbons (Fsp3) is 0.308. The molecule has 2 amide bonds. The second-order valence-electron chi connectivity index (χ2n) is 4.81. The quantitative estimate of drug-likeness (QED) is 0.403. The third kappa shape index (κ3) is 5.51. The summed E-state index contributed by atoms with van der Waals surface area (Å²) < 4.78 is 5.16. The van der Waals surface area contributed by atoms with Crippen molar-refractivity contribution in [3.8, 4) is 5.75 Å². The Morgan fingerprint density at radius 2 is 1.91 bits per heavy atom. The van der Waals surface area contributed by atoms with E-state index in [1.165, 1.54) is 24.3 Å². The van der Waals surface area contributed by atoms with Gasteiger partial charge in [-0.2, -0.15) is 0 Å². The summed E-state index contributed by atoms with van der Waals surface area (Å²) in [5, 5.41) is 13.0. The fourth-order valence-electron chi connectivity index (χ4n) is 1.57. The Labute approximate surface area is 136 Å². The molecule has 23 heavy (non-hydrogen) atoms. The topological polar surface area (TPSA) is 123 Å².